The van der Waals surface area contributed by atoms with Gasteiger partial charge < -0.3 is 9.09 Å². The molecule has 0 radical (unpaired) electrons. The maximum absolute atomic E-state index is 12.6. The molecule has 0 amide bonds. The highest BCUT2D eigenvalue weighted by atomic mass is 35.5. The van der Waals surface area contributed by atoms with Crippen LogP contribution < -0.4 is 4.80 Å². The van der Waals surface area contributed by atoms with Crippen molar-refractivity contribution in [3.63, 3.8) is 0 Å². The molecule has 2 aromatic carbocycles. The van der Waals surface area contributed by atoms with Crippen molar-refractivity contribution in [2.45, 2.75) is 6.54 Å². The lowest BCUT2D eigenvalue weighted by molar-refractivity contribution is 0.0936. The zero-order valence-corrected chi connectivity index (χ0v) is 14.5. The molecule has 0 atom stereocenters. The molecule has 2 aromatic heterocycles. The third kappa shape index (κ3) is 3.01. The lowest BCUT2D eigenvalue weighted by Gasteiger charge is -2.01. The average molecular weight is 370 g/mol. The van der Waals surface area contributed by atoms with Crippen molar-refractivity contribution >= 4 is 38.9 Å². The van der Waals surface area contributed by atoms with Crippen LogP contribution in [0.2, 0.25) is 5.02 Å². The van der Waals surface area contributed by atoms with E-state index in [1.54, 1.807) is 22.8 Å². The Morgan fingerprint density at radius 3 is 2.76 bits per heavy atom. The van der Waals surface area contributed by atoms with Gasteiger partial charge in [-0.05, 0) is 24.3 Å². The number of carbonyl (C=O) groups excluding carboxylic acids is 1. The van der Waals surface area contributed by atoms with Crippen LogP contribution >= 0.6 is 22.9 Å². The van der Waals surface area contributed by atoms with Crippen LogP contribution in [-0.2, 0) is 6.54 Å². The number of thiazole rings is 1. The molecule has 2 heterocycles. The summed E-state index contributed by atoms with van der Waals surface area (Å²) in [4.78, 5) is 12.9. The highest BCUT2D eigenvalue weighted by Crippen LogP contribution is 2.22. The Kier molecular flexibility index (Phi) is 3.99. The van der Waals surface area contributed by atoms with Crippen molar-refractivity contribution < 1.29 is 9.32 Å². The zero-order valence-electron chi connectivity index (χ0n) is 12.9. The first kappa shape index (κ1) is 15.8. The first-order valence-corrected chi connectivity index (χ1v) is 8.70. The maximum atomic E-state index is 12.6. The molecule has 25 heavy (non-hydrogen) atoms. The van der Waals surface area contributed by atoms with Crippen LogP contribution in [0.5, 0.6) is 0 Å². The van der Waals surface area contributed by atoms with E-state index in [1.807, 2.05) is 36.4 Å². The Balaban J connectivity index is 1.62. The Labute approximate surface area is 151 Å². The van der Waals surface area contributed by atoms with Crippen molar-refractivity contribution in [3.05, 3.63) is 70.2 Å². The van der Waals surface area contributed by atoms with Crippen LogP contribution in [0, 0.1) is 5.41 Å². The van der Waals surface area contributed by atoms with Gasteiger partial charge in [-0.1, -0.05) is 52.4 Å². The quantitative estimate of drug-likeness (QED) is 0.543. The number of benzene rings is 2. The predicted octanol–water partition coefficient (Wildman–Crippen LogP) is 4.37. The number of hydrogen-bond acceptors (Lipinski definition) is 5. The molecule has 0 aliphatic rings. The monoisotopic (exact) mass is 369 g/mol. The molecule has 0 fully saturated rings. The third-order valence-electron chi connectivity index (χ3n) is 3.83. The van der Waals surface area contributed by atoms with Crippen molar-refractivity contribution in [3.8, 4) is 11.3 Å². The Morgan fingerprint density at radius 1 is 1.20 bits per heavy atom. The number of nitrogens with zero attached hydrogens (tertiary/aromatic N) is 2. The molecule has 0 saturated carbocycles. The van der Waals surface area contributed by atoms with Crippen molar-refractivity contribution in [2.75, 3.05) is 0 Å². The van der Waals surface area contributed by atoms with Gasteiger partial charge in [-0.25, -0.2) is 0 Å². The number of hydrogen-bond donors (Lipinski definition) is 1. The van der Waals surface area contributed by atoms with Crippen LogP contribution in [0.25, 0.3) is 21.5 Å². The molecular weight excluding hydrogens is 358 g/mol. The first-order chi connectivity index (χ1) is 12.1. The van der Waals surface area contributed by atoms with Crippen LogP contribution in [0.4, 0.5) is 0 Å². The summed E-state index contributed by atoms with van der Waals surface area (Å²) in [5.41, 5.74) is 2.26. The van der Waals surface area contributed by atoms with Gasteiger partial charge in [-0.15, -0.1) is 0 Å². The predicted molar refractivity (Wildman–Crippen MR) is 96.9 cm³/mol. The normalized spacial score (nSPS) is 11.1. The van der Waals surface area contributed by atoms with Gasteiger partial charge in [0.15, 0.2) is 4.80 Å². The van der Waals surface area contributed by atoms with Crippen LogP contribution in [0.1, 0.15) is 10.6 Å². The van der Waals surface area contributed by atoms with E-state index < -0.39 is 0 Å². The van der Waals surface area contributed by atoms with Gasteiger partial charge in [0.05, 0.1) is 16.8 Å². The number of aromatic nitrogens is 2. The molecule has 4 rings (SSSR count). The van der Waals surface area contributed by atoms with E-state index >= 15 is 0 Å². The van der Waals surface area contributed by atoms with Gasteiger partial charge in [0.2, 0.25) is 11.5 Å². The van der Waals surface area contributed by atoms with E-state index in [2.05, 4.69) is 5.16 Å². The van der Waals surface area contributed by atoms with Gasteiger partial charge in [0.25, 0.3) is 0 Å². The number of para-hydroxylation sites is 1. The van der Waals surface area contributed by atoms with Gasteiger partial charge in [0.1, 0.15) is 5.69 Å². The molecule has 0 aliphatic carbocycles. The minimum absolute atomic E-state index is 0.0398. The summed E-state index contributed by atoms with van der Waals surface area (Å²) in [6.45, 7) is 0.0398. The van der Waals surface area contributed by atoms with Gasteiger partial charge in [-0.3, -0.25) is 10.2 Å². The molecule has 1 N–H and O–H groups in total. The molecule has 5 nitrogen and oxygen atoms in total. The third-order valence-corrected chi connectivity index (χ3v) is 5.07. The topological polar surface area (TPSA) is 71.9 Å². The zero-order chi connectivity index (χ0) is 17.4. The van der Waals surface area contributed by atoms with E-state index in [1.165, 1.54) is 11.3 Å². The van der Waals surface area contributed by atoms with Crippen molar-refractivity contribution in [2.24, 2.45) is 0 Å². The summed E-state index contributed by atoms with van der Waals surface area (Å²) in [5.74, 6) is -0.0538. The van der Waals surface area contributed by atoms with Gasteiger partial charge >= 0.3 is 0 Å². The molecule has 0 aliphatic heterocycles. The second-order valence-corrected chi connectivity index (χ2v) is 6.93. The van der Waals surface area contributed by atoms with Crippen LogP contribution in [0.15, 0.2) is 59.1 Å². The fourth-order valence-electron chi connectivity index (χ4n) is 2.58. The molecule has 7 heteroatoms. The van der Waals surface area contributed by atoms with E-state index in [-0.39, 0.29) is 18.1 Å². The van der Waals surface area contributed by atoms with Crippen molar-refractivity contribution in [1.82, 2.24) is 9.72 Å². The Morgan fingerprint density at radius 2 is 1.96 bits per heavy atom. The largest absolute Gasteiger partial charge is 0.352 e. The minimum atomic E-state index is -0.227. The fourth-order valence-corrected chi connectivity index (χ4v) is 3.61. The van der Waals surface area contributed by atoms with Crippen LogP contribution in [0.3, 0.4) is 0 Å². The number of Topliss-reactive ketones (excluding diaryl/α,β-unsaturated/α-hetero) is 1. The number of rotatable bonds is 4. The molecule has 0 bridgehead atoms. The smallest absolute Gasteiger partial charge is 0.220 e. The van der Waals surface area contributed by atoms with Crippen LogP contribution in [-0.4, -0.2) is 15.5 Å². The number of halogens is 1. The summed E-state index contributed by atoms with van der Waals surface area (Å²) in [5, 5.41) is 12.7. The molecule has 0 unspecified atom stereocenters. The van der Waals surface area contributed by atoms with Gasteiger partial charge in [0, 0.05) is 16.7 Å². The van der Waals surface area contributed by atoms with E-state index in [4.69, 9.17) is 21.5 Å². The molecule has 0 saturated heterocycles. The summed E-state index contributed by atoms with van der Waals surface area (Å²) in [7, 11) is 0. The number of fused-ring (bicyclic) bond motifs is 1. The van der Waals surface area contributed by atoms with Crippen molar-refractivity contribution in [1.29, 1.82) is 5.41 Å². The number of nitrogens with one attached hydrogen (secondary N) is 1. The van der Waals surface area contributed by atoms with Gasteiger partial charge in [-0.2, -0.15) is 0 Å². The second kappa shape index (κ2) is 6.31. The molecular formula is C18H12ClN3O2S. The fraction of sp³-hybridized carbons (Fsp3) is 0.0556. The summed E-state index contributed by atoms with van der Waals surface area (Å²) >= 11 is 7.22. The molecule has 124 valence electrons. The summed E-state index contributed by atoms with van der Waals surface area (Å²) in [6.07, 6.45) is 0. The second-order valence-electron chi connectivity index (χ2n) is 5.47. The highest BCUT2D eigenvalue weighted by Gasteiger charge is 2.16. The minimum Gasteiger partial charge on any atom is -0.352 e. The number of carbonyl (C=O) groups is 1. The Hall–Kier alpha value is -2.70. The highest BCUT2D eigenvalue weighted by molar-refractivity contribution is 7.16. The number of ketones is 1. The van der Waals surface area contributed by atoms with E-state index in [9.17, 15) is 4.79 Å². The summed E-state index contributed by atoms with van der Waals surface area (Å²) < 4.78 is 7.85. The maximum Gasteiger partial charge on any atom is 0.220 e. The first-order valence-electron chi connectivity index (χ1n) is 7.50. The van der Waals surface area contributed by atoms with E-state index in [0.29, 0.717) is 15.5 Å². The lowest BCUT2D eigenvalue weighted by atomic mass is 10.1. The molecule has 4 aromatic rings. The average Bonchev–Trinajstić information content (AvgIpc) is 3.21. The SMILES string of the molecule is N=c1sc2ccccc2n1CC(=O)c1cc(-c2ccc(Cl)cc2)no1. The summed E-state index contributed by atoms with van der Waals surface area (Å²) in [6, 6.07) is 16.4. The lowest BCUT2D eigenvalue weighted by Crippen LogP contribution is -2.19. The Bertz CT molecular complexity index is 1130. The van der Waals surface area contributed by atoms with E-state index in [0.717, 1.165) is 15.8 Å². The standard InChI is InChI=1S/C18H12ClN3O2S/c19-12-7-5-11(6-8-12)13-9-16(24-21-13)15(23)10-22-14-3-1-2-4-17(14)25-18(22)20/h1-9,20H,10H2. The molecule has 0 spiro atoms.